The molecule has 1 aromatic carbocycles. The average Bonchev–Trinajstić information content (AvgIpc) is 2.90. The van der Waals surface area contributed by atoms with Crippen molar-refractivity contribution in [3.63, 3.8) is 0 Å². The van der Waals surface area contributed by atoms with Crippen molar-refractivity contribution in [2.75, 3.05) is 5.32 Å². The van der Waals surface area contributed by atoms with Crippen LogP contribution < -0.4 is 10.9 Å². The maximum absolute atomic E-state index is 12.4. The molecule has 2 aromatic heterocycles. The van der Waals surface area contributed by atoms with Crippen molar-refractivity contribution < 1.29 is 5.11 Å². The van der Waals surface area contributed by atoms with E-state index in [1.165, 1.54) is 10.9 Å². The molecule has 0 saturated carbocycles. The predicted octanol–water partition coefficient (Wildman–Crippen LogP) is 2.81. The van der Waals surface area contributed by atoms with Gasteiger partial charge in [0.1, 0.15) is 5.52 Å². The molecule has 9 heteroatoms. The first-order chi connectivity index (χ1) is 11.7. The van der Waals surface area contributed by atoms with Crippen molar-refractivity contribution in [3.05, 3.63) is 50.4 Å². The van der Waals surface area contributed by atoms with E-state index >= 15 is 0 Å². The first kappa shape index (κ1) is 17.7. The first-order valence-corrected chi connectivity index (χ1v) is 8.34. The van der Waals surface area contributed by atoms with E-state index in [9.17, 15) is 9.90 Å². The van der Waals surface area contributed by atoms with Gasteiger partial charge in [-0.1, -0.05) is 29.3 Å². The maximum Gasteiger partial charge on any atom is 0.278 e. The zero-order valence-electron chi connectivity index (χ0n) is 13.7. The van der Waals surface area contributed by atoms with Gasteiger partial charge in [0.25, 0.3) is 5.56 Å². The van der Waals surface area contributed by atoms with Gasteiger partial charge in [-0.2, -0.15) is 5.10 Å². The zero-order valence-corrected chi connectivity index (χ0v) is 15.2. The summed E-state index contributed by atoms with van der Waals surface area (Å²) < 4.78 is 1.45. The quantitative estimate of drug-likeness (QED) is 0.631. The molecule has 3 aromatic rings. The Hall–Kier alpha value is -2.09. The Bertz CT molecular complexity index is 975. The molecule has 0 spiro atoms. The van der Waals surface area contributed by atoms with E-state index in [4.69, 9.17) is 23.2 Å². The van der Waals surface area contributed by atoms with Gasteiger partial charge >= 0.3 is 0 Å². The molecule has 0 amide bonds. The lowest BCUT2D eigenvalue weighted by Crippen LogP contribution is -2.28. The van der Waals surface area contributed by atoms with Crippen molar-refractivity contribution >= 4 is 40.2 Å². The molecule has 3 N–H and O–H groups in total. The standard InChI is InChI=1S/C16H17Cl2N5O2/c1-16(2,25)8-23-13-12(7-20-23)21-15(22-14(13)24)19-6-9-3-4-10(17)11(18)5-9/h3-5,7,25H,6,8H2,1-2H3,(H2,19,21,22,24). The third kappa shape index (κ3) is 4.12. The van der Waals surface area contributed by atoms with Gasteiger partial charge in [0.2, 0.25) is 5.95 Å². The molecule has 3 rings (SSSR count). The number of nitrogens with one attached hydrogen (secondary N) is 2. The second-order valence-electron chi connectivity index (χ2n) is 6.37. The molecule has 0 aliphatic carbocycles. The summed E-state index contributed by atoms with van der Waals surface area (Å²) >= 11 is 11.9. The molecule has 0 saturated heterocycles. The number of rotatable bonds is 5. The number of hydrogen-bond donors (Lipinski definition) is 3. The number of benzene rings is 1. The molecule has 0 bridgehead atoms. The average molecular weight is 382 g/mol. The van der Waals surface area contributed by atoms with E-state index in [2.05, 4.69) is 20.4 Å². The van der Waals surface area contributed by atoms with E-state index in [1.54, 1.807) is 26.0 Å². The molecule has 0 aliphatic rings. The molecule has 25 heavy (non-hydrogen) atoms. The smallest absolute Gasteiger partial charge is 0.278 e. The van der Waals surface area contributed by atoms with Crippen LogP contribution >= 0.6 is 23.2 Å². The molecule has 0 aliphatic heterocycles. The number of aromatic nitrogens is 4. The van der Waals surface area contributed by atoms with Gasteiger partial charge in [-0.15, -0.1) is 0 Å². The number of nitrogens with zero attached hydrogens (tertiary/aromatic N) is 3. The van der Waals surface area contributed by atoms with Crippen LogP contribution in [0.3, 0.4) is 0 Å². The highest BCUT2D eigenvalue weighted by Crippen LogP contribution is 2.23. The van der Waals surface area contributed by atoms with Crippen LogP contribution in [0, 0.1) is 0 Å². The van der Waals surface area contributed by atoms with Crippen LogP contribution in [0.15, 0.2) is 29.2 Å². The summed E-state index contributed by atoms with van der Waals surface area (Å²) in [5.41, 5.74) is 0.348. The number of anilines is 1. The summed E-state index contributed by atoms with van der Waals surface area (Å²) in [6.07, 6.45) is 1.50. The van der Waals surface area contributed by atoms with Gasteiger partial charge in [0.15, 0.2) is 5.52 Å². The normalized spacial score (nSPS) is 11.9. The Morgan fingerprint density at radius 1 is 1.32 bits per heavy atom. The molecular weight excluding hydrogens is 365 g/mol. The number of hydrogen-bond acceptors (Lipinski definition) is 5. The van der Waals surface area contributed by atoms with Crippen molar-refractivity contribution in [2.24, 2.45) is 0 Å². The molecule has 0 atom stereocenters. The minimum Gasteiger partial charge on any atom is -0.389 e. The van der Waals surface area contributed by atoms with Crippen molar-refractivity contribution in [2.45, 2.75) is 32.5 Å². The van der Waals surface area contributed by atoms with Gasteiger partial charge in [-0.3, -0.25) is 14.5 Å². The first-order valence-electron chi connectivity index (χ1n) is 7.59. The highest BCUT2D eigenvalue weighted by Gasteiger charge is 2.18. The molecular formula is C16H17Cl2N5O2. The van der Waals surface area contributed by atoms with Gasteiger partial charge in [-0.05, 0) is 31.5 Å². The number of halogens is 2. The second-order valence-corrected chi connectivity index (χ2v) is 7.18. The summed E-state index contributed by atoms with van der Waals surface area (Å²) in [5.74, 6) is 0.325. The fraction of sp³-hybridized carbons (Fsp3) is 0.312. The summed E-state index contributed by atoms with van der Waals surface area (Å²) in [5, 5.41) is 18.0. The third-order valence-electron chi connectivity index (χ3n) is 3.48. The highest BCUT2D eigenvalue weighted by molar-refractivity contribution is 6.42. The number of aliphatic hydroxyl groups is 1. The van der Waals surface area contributed by atoms with Gasteiger partial charge in [0, 0.05) is 6.54 Å². The minimum atomic E-state index is -0.990. The Labute approximate surface area is 153 Å². The van der Waals surface area contributed by atoms with Crippen LogP contribution in [0.2, 0.25) is 10.0 Å². The van der Waals surface area contributed by atoms with Crippen LogP contribution in [0.4, 0.5) is 5.95 Å². The Balaban J connectivity index is 1.84. The van der Waals surface area contributed by atoms with E-state index in [-0.39, 0.29) is 12.1 Å². The Morgan fingerprint density at radius 3 is 2.76 bits per heavy atom. The highest BCUT2D eigenvalue weighted by atomic mass is 35.5. The SMILES string of the molecule is CC(C)(O)Cn1ncc2nc(NCc3ccc(Cl)c(Cl)c3)[nH]c(=O)c21. The lowest BCUT2D eigenvalue weighted by molar-refractivity contribution is 0.0591. The minimum absolute atomic E-state index is 0.192. The lowest BCUT2D eigenvalue weighted by Gasteiger charge is -2.17. The topological polar surface area (TPSA) is 95.8 Å². The largest absolute Gasteiger partial charge is 0.389 e. The zero-order chi connectivity index (χ0) is 18.2. The molecule has 7 nitrogen and oxygen atoms in total. The summed E-state index contributed by atoms with van der Waals surface area (Å²) in [4.78, 5) is 19.4. The number of H-pyrrole nitrogens is 1. The summed E-state index contributed by atoms with van der Waals surface area (Å²) in [6.45, 7) is 3.91. The molecule has 0 fully saturated rings. The van der Waals surface area contributed by atoms with Crippen LogP contribution in [-0.2, 0) is 13.1 Å². The molecule has 2 heterocycles. The van der Waals surface area contributed by atoms with Gasteiger partial charge in [0.05, 0.1) is 28.4 Å². The Kier molecular flexibility index (Phi) is 4.73. The summed E-state index contributed by atoms with van der Waals surface area (Å²) in [7, 11) is 0. The monoisotopic (exact) mass is 381 g/mol. The molecule has 0 unspecified atom stereocenters. The summed E-state index contributed by atoms with van der Waals surface area (Å²) in [6, 6.07) is 5.29. The molecule has 0 radical (unpaired) electrons. The fourth-order valence-corrected chi connectivity index (χ4v) is 2.73. The lowest BCUT2D eigenvalue weighted by atomic mass is 10.1. The molecule has 132 valence electrons. The van der Waals surface area contributed by atoms with E-state index < -0.39 is 5.60 Å². The van der Waals surface area contributed by atoms with Crippen LogP contribution in [-0.4, -0.2) is 30.5 Å². The van der Waals surface area contributed by atoms with Crippen molar-refractivity contribution in [1.82, 2.24) is 19.7 Å². The van der Waals surface area contributed by atoms with E-state index in [0.717, 1.165) is 5.56 Å². The Morgan fingerprint density at radius 2 is 2.08 bits per heavy atom. The van der Waals surface area contributed by atoms with Gasteiger partial charge < -0.3 is 10.4 Å². The fourth-order valence-electron chi connectivity index (χ4n) is 2.41. The second kappa shape index (κ2) is 6.67. The maximum atomic E-state index is 12.4. The van der Waals surface area contributed by atoms with Crippen LogP contribution in [0.25, 0.3) is 11.0 Å². The number of fused-ring (bicyclic) bond motifs is 1. The van der Waals surface area contributed by atoms with Crippen LogP contribution in [0.1, 0.15) is 19.4 Å². The van der Waals surface area contributed by atoms with E-state index in [1.807, 2.05) is 6.07 Å². The number of aromatic amines is 1. The predicted molar refractivity (Wildman–Crippen MR) is 98.2 cm³/mol. The van der Waals surface area contributed by atoms with Crippen molar-refractivity contribution in [3.8, 4) is 0 Å². The van der Waals surface area contributed by atoms with E-state index in [0.29, 0.717) is 33.6 Å². The van der Waals surface area contributed by atoms with Crippen molar-refractivity contribution in [1.29, 1.82) is 0 Å². The van der Waals surface area contributed by atoms with Gasteiger partial charge in [-0.25, -0.2) is 4.98 Å². The van der Waals surface area contributed by atoms with Crippen LogP contribution in [0.5, 0.6) is 0 Å². The third-order valence-corrected chi connectivity index (χ3v) is 4.22.